The maximum atomic E-state index is 10.2. The minimum atomic E-state index is 0.325. The van der Waals surface area contributed by atoms with Gasteiger partial charge in [0.1, 0.15) is 0 Å². The average Bonchev–Trinajstić information content (AvgIpc) is 1.43. The first kappa shape index (κ1) is 62.7. The van der Waals surface area contributed by atoms with Crippen LogP contribution in [-0.2, 0) is 0 Å². The standard InChI is InChI=1S/C90H44N14/c91-45-54-11-13-63(14-12-54)66-15-21-82(103-83-22-16-67(72-31-55(46-92)27-56(32-72)47-93)40-77(83)78-41-68(17-23-84(78)103)73-33-57(48-94)28-58(34-73)49-95)76(39-66)81-44-71(90-101-88(64-7-3-1-4-8-64)100-89(102-90)65-9-5-2-6-10-65)20-26-87(81)104-85-24-18-69(74-35-59(50-96)29-60(36-74)51-97)42-79(85)80-43-70(19-25-86(80)104)75-37-61(52-98)30-62(38-75)53-99/h1-44H. The van der Waals surface area contributed by atoms with Crippen LogP contribution in [0.2, 0.25) is 0 Å². The Morgan fingerprint density at radius 1 is 0.192 bits per heavy atom. The topological polar surface area (TPSA) is 263 Å². The maximum absolute atomic E-state index is 10.2. The third kappa shape index (κ3) is 11.3. The number of rotatable bonds is 11. The van der Waals surface area contributed by atoms with Gasteiger partial charge in [-0.1, -0.05) is 103 Å². The summed E-state index contributed by atoms with van der Waals surface area (Å²) >= 11 is 0. The van der Waals surface area contributed by atoms with Gasteiger partial charge < -0.3 is 9.13 Å². The van der Waals surface area contributed by atoms with E-state index in [9.17, 15) is 47.4 Å². The molecule has 0 aliphatic carbocycles. The molecule has 0 bridgehead atoms. The minimum Gasteiger partial charge on any atom is -0.309 e. The van der Waals surface area contributed by atoms with Crippen molar-refractivity contribution in [2.75, 3.05) is 0 Å². The first-order valence-corrected chi connectivity index (χ1v) is 32.7. The minimum absolute atomic E-state index is 0.325. The van der Waals surface area contributed by atoms with Gasteiger partial charge in [-0.25, -0.2) is 15.0 Å². The summed E-state index contributed by atoms with van der Waals surface area (Å²) in [6.07, 6.45) is 0. The van der Waals surface area contributed by atoms with Gasteiger partial charge in [-0.15, -0.1) is 0 Å². The van der Waals surface area contributed by atoms with E-state index in [0.717, 1.165) is 99.4 Å². The van der Waals surface area contributed by atoms with E-state index in [1.807, 2.05) is 127 Å². The Bertz CT molecular complexity index is 6320. The van der Waals surface area contributed by atoms with E-state index in [0.29, 0.717) is 107 Å². The van der Waals surface area contributed by atoms with Gasteiger partial charge in [-0.3, -0.25) is 0 Å². The summed E-state index contributed by atoms with van der Waals surface area (Å²) in [7, 11) is 0. The Hall–Kier alpha value is -16.1. The highest BCUT2D eigenvalue weighted by Crippen LogP contribution is 2.47. The Labute approximate surface area is 595 Å². The van der Waals surface area contributed by atoms with Crippen LogP contribution >= 0.6 is 0 Å². The molecule has 3 aromatic heterocycles. The zero-order valence-corrected chi connectivity index (χ0v) is 54.7. The Morgan fingerprint density at radius 3 is 0.740 bits per heavy atom. The molecule has 14 heteroatoms. The van der Waals surface area contributed by atoms with Crippen LogP contribution in [0.3, 0.4) is 0 Å². The van der Waals surface area contributed by atoms with E-state index in [-0.39, 0.29) is 0 Å². The van der Waals surface area contributed by atoms with Gasteiger partial charge in [0.15, 0.2) is 17.5 Å². The predicted molar refractivity (Wildman–Crippen MR) is 400 cm³/mol. The first-order valence-electron chi connectivity index (χ1n) is 32.7. The third-order valence-electron chi connectivity index (χ3n) is 18.7. The first-order chi connectivity index (χ1) is 51.0. The molecular formula is C90H44N14. The van der Waals surface area contributed by atoms with Crippen LogP contribution in [0.5, 0.6) is 0 Å². The monoisotopic (exact) mass is 1320 g/mol. The Balaban J connectivity index is 1.04. The molecule has 16 rings (SSSR count). The van der Waals surface area contributed by atoms with Crippen LogP contribution in [0.4, 0.5) is 0 Å². The largest absolute Gasteiger partial charge is 0.309 e. The van der Waals surface area contributed by atoms with Crippen LogP contribution < -0.4 is 0 Å². The summed E-state index contributed by atoms with van der Waals surface area (Å²) in [6, 6.07) is 104. The number of fused-ring (bicyclic) bond motifs is 6. The fraction of sp³-hybridized carbons (Fsp3) is 0. The van der Waals surface area contributed by atoms with Crippen molar-refractivity contribution >= 4 is 43.6 Å². The zero-order chi connectivity index (χ0) is 71.1. The van der Waals surface area contributed by atoms with Crippen LogP contribution in [0.15, 0.2) is 267 Å². The SMILES string of the molecule is N#Cc1ccc(-c2ccc(-n3c4ccc(-c5cc(C#N)cc(C#N)c5)cc4c4cc(-c5cc(C#N)cc(C#N)c5)ccc43)c(-c3cc(-c4nc(-c5ccccc5)nc(-c5ccccc5)n4)ccc3-n3c4ccc(-c5cc(C#N)cc(C#N)c5)cc4c4cc(-c5cc(C#N)cc(C#N)c5)ccc43)c2)cc1. The van der Waals surface area contributed by atoms with E-state index in [1.165, 1.54) is 0 Å². The average molecular weight is 1320 g/mol. The van der Waals surface area contributed by atoms with E-state index >= 15 is 0 Å². The van der Waals surface area contributed by atoms with Crippen molar-refractivity contribution in [2.24, 2.45) is 0 Å². The van der Waals surface area contributed by atoms with E-state index in [4.69, 9.17) is 15.0 Å². The number of nitriles is 9. The predicted octanol–water partition coefficient (Wildman–Crippen LogP) is 19.9. The van der Waals surface area contributed by atoms with Gasteiger partial charge in [-0.2, -0.15) is 47.4 Å². The van der Waals surface area contributed by atoms with Gasteiger partial charge >= 0.3 is 0 Å². The molecule has 14 nitrogen and oxygen atoms in total. The van der Waals surface area contributed by atoms with Crippen LogP contribution in [0.25, 0.3) is 156 Å². The lowest BCUT2D eigenvalue weighted by Gasteiger charge is -2.21. The molecule has 0 N–H and O–H groups in total. The van der Waals surface area contributed by atoms with Gasteiger partial charge in [0.05, 0.1) is 138 Å². The molecule has 474 valence electrons. The molecule has 0 saturated carbocycles. The Morgan fingerprint density at radius 2 is 0.442 bits per heavy atom. The number of nitrogens with zero attached hydrogens (tertiary/aromatic N) is 14. The molecule has 16 aromatic rings. The molecule has 0 saturated heterocycles. The Kier molecular flexibility index (Phi) is 15.7. The molecule has 0 radical (unpaired) electrons. The molecule has 3 heterocycles. The zero-order valence-electron chi connectivity index (χ0n) is 54.7. The van der Waals surface area contributed by atoms with Crippen molar-refractivity contribution in [1.82, 2.24) is 24.1 Å². The van der Waals surface area contributed by atoms with Crippen molar-refractivity contribution in [3.05, 3.63) is 317 Å². The highest BCUT2D eigenvalue weighted by Gasteiger charge is 2.26. The molecule has 0 aliphatic heterocycles. The number of hydrogen-bond acceptors (Lipinski definition) is 12. The fourth-order valence-corrected chi connectivity index (χ4v) is 13.9. The van der Waals surface area contributed by atoms with Crippen molar-refractivity contribution < 1.29 is 0 Å². The van der Waals surface area contributed by atoms with E-state index < -0.39 is 0 Å². The van der Waals surface area contributed by atoms with Crippen molar-refractivity contribution in [2.45, 2.75) is 0 Å². The second-order valence-electron chi connectivity index (χ2n) is 24.9. The van der Waals surface area contributed by atoms with Gasteiger partial charge in [0.25, 0.3) is 0 Å². The number of hydrogen-bond donors (Lipinski definition) is 0. The number of benzene rings is 13. The highest BCUT2D eigenvalue weighted by molar-refractivity contribution is 6.14. The summed E-state index contributed by atoms with van der Waals surface area (Å²) in [5.41, 5.74) is 18.5. The van der Waals surface area contributed by atoms with Crippen LogP contribution in [0.1, 0.15) is 50.1 Å². The lowest BCUT2D eigenvalue weighted by molar-refractivity contribution is 1.07. The van der Waals surface area contributed by atoms with Crippen molar-refractivity contribution in [1.29, 1.82) is 47.4 Å². The van der Waals surface area contributed by atoms with Crippen LogP contribution in [-0.4, -0.2) is 24.1 Å². The molecule has 0 spiro atoms. The fourth-order valence-electron chi connectivity index (χ4n) is 13.9. The van der Waals surface area contributed by atoms with Crippen molar-refractivity contribution in [3.63, 3.8) is 0 Å². The van der Waals surface area contributed by atoms with E-state index in [2.05, 4.69) is 118 Å². The summed E-state index contributed by atoms with van der Waals surface area (Å²) in [5.74, 6) is 1.30. The molecule has 0 aliphatic rings. The highest BCUT2D eigenvalue weighted by atomic mass is 15.0. The summed E-state index contributed by atoms with van der Waals surface area (Å²) in [6.45, 7) is 0. The molecule has 0 unspecified atom stereocenters. The third-order valence-corrected chi connectivity index (χ3v) is 18.7. The molecular weight excluding hydrogens is 1280 g/mol. The second kappa shape index (κ2) is 26.0. The summed E-state index contributed by atoms with van der Waals surface area (Å²) < 4.78 is 4.43. The van der Waals surface area contributed by atoms with Gasteiger partial charge in [0.2, 0.25) is 0 Å². The van der Waals surface area contributed by atoms with Gasteiger partial charge in [0, 0.05) is 49.4 Å². The van der Waals surface area contributed by atoms with Crippen LogP contribution in [0, 0.1) is 102 Å². The molecule has 0 fully saturated rings. The molecule has 0 amide bonds. The lowest BCUT2D eigenvalue weighted by Crippen LogP contribution is -2.04. The quantitative estimate of drug-likeness (QED) is 0.117. The molecule has 13 aromatic carbocycles. The van der Waals surface area contributed by atoms with Crippen molar-refractivity contribution in [3.8, 4) is 167 Å². The second-order valence-corrected chi connectivity index (χ2v) is 24.9. The summed E-state index contributed by atoms with van der Waals surface area (Å²) in [5, 5.41) is 95.1. The lowest BCUT2D eigenvalue weighted by atomic mass is 9.94. The van der Waals surface area contributed by atoms with E-state index in [1.54, 1.807) is 84.9 Å². The maximum Gasteiger partial charge on any atom is 0.164 e. The molecule has 104 heavy (non-hydrogen) atoms. The molecule has 0 atom stereocenters. The normalized spacial score (nSPS) is 10.8. The smallest absolute Gasteiger partial charge is 0.164 e. The summed E-state index contributed by atoms with van der Waals surface area (Å²) in [4.78, 5) is 15.7. The number of aromatic nitrogens is 5. The van der Waals surface area contributed by atoms with Gasteiger partial charge in [-0.05, 0) is 219 Å².